The van der Waals surface area contributed by atoms with Gasteiger partial charge in [-0.2, -0.15) is 9.97 Å². The zero-order valence-electron chi connectivity index (χ0n) is 21.8. The highest BCUT2D eigenvalue weighted by Gasteiger charge is 2.29. The lowest BCUT2D eigenvalue weighted by atomic mass is 9.90. The molecule has 0 radical (unpaired) electrons. The third-order valence-corrected chi connectivity index (χ3v) is 6.96. The molecule has 0 aliphatic carbocycles. The molecule has 4 rings (SSSR count). The Morgan fingerprint density at radius 1 is 1.29 bits per heavy atom. The maximum atomic E-state index is 12.9. The van der Waals surface area contributed by atoms with Crippen LogP contribution in [-0.2, 0) is 16.0 Å². The van der Waals surface area contributed by atoms with Crippen LogP contribution in [0.25, 0.3) is 11.2 Å². The van der Waals surface area contributed by atoms with E-state index in [0.29, 0.717) is 42.1 Å². The van der Waals surface area contributed by atoms with Gasteiger partial charge in [-0.25, -0.2) is 4.79 Å². The number of benzene rings is 1. The molecule has 1 saturated heterocycles. The highest BCUT2D eigenvalue weighted by Crippen LogP contribution is 2.30. The maximum absolute atomic E-state index is 12.9. The van der Waals surface area contributed by atoms with E-state index in [0.717, 1.165) is 25.7 Å². The highest BCUT2D eigenvalue weighted by atomic mass is 16.5. The monoisotopic (exact) mass is 525 g/mol. The summed E-state index contributed by atoms with van der Waals surface area (Å²) in [6.45, 7) is 6.20. The van der Waals surface area contributed by atoms with Crippen LogP contribution >= 0.6 is 0 Å². The zero-order chi connectivity index (χ0) is 27.2. The molecule has 5 N–H and O–H groups in total. The topological polar surface area (TPSA) is 168 Å². The summed E-state index contributed by atoms with van der Waals surface area (Å²) in [4.78, 5) is 49.9. The second-order valence-electron chi connectivity index (χ2n) is 9.77. The van der Waals surface area contributed by atoms with Gasteiger partial charge in [0.05, 0.1) is 19.6 Å². The molecule has 1 aliphatic heterocycles. The summed E-state index contributed by atoms with van der Waals surface area (Å²) in [6, 6.07) is 6.89. The number of aromatic nitrogens is 4. The summed E-state index contributed by atoms with van der Waals surface area (Å²) in [6.07, 6.45) is 3.36. The standard InChI is InChI=1S/C26H35N7O5/c1-3-4-12-38-25-30-23(27)22-24(31-25)33(26(37)29-22)16(2)18-8-10-32(11-9-18)15-20(34)28-19-7-5-6-17(13-19)14-21(35)36/h5-7,13,16,18H,3-4,8-12,14-15H2,1-2H3,(H,28,34)(H,29,37)(H,35,36)(H2,27,30,31). The number of likely N-dealkylation sites (tertiary alicyclic amines) is 1. The first-order valence-electron chi connectivity index (χ1n) is 13.0. The Kier molecular flexibility index (Phi) is 8.62. The lowest BCUT2D eigenvalue weighted by Crippen LogP contribution is -2.41. The van der Waals surface area contributed by atoms with Crippen LogP contribution in [0, 0.1) is 5.92 Å². The number of nitrogens with zero attached hydrogens (tertiary/aromatic N) is 4. The molecule has 3 heterocycles. The van der Waals surface area contributed by atoms with Crippen LogP contribution in [-0.4, -0.2) is 67.6 Å². The average molecular weight is 526 g/mol. The largest absolute Gasteiger partial charge is 0.481 e. The quantitative estimate of drug-likeness (QED) is 0.275. The molecule has 0 saturated carbocycles. The van der Waals surface area contributed by atoms with E-state index in [1.807, 2.05) is 6.92 Å². The number of carboxylic acid groups (broad SMARTS) is 1. The lowest BCUT2D eigenvalue weighted by molar-refractivity contribution is -0.136. The van der Waals surface area contributed by atoms with Crippen LogP contribution in [0.4, 0.5) is 11.5 Å². The Morgan fingerprint density at radius 3 is 2.76 bits per heavy atom. The number of imidazole rings is 1. The number of anilines is 2. The predicted octanol–water partition coefficient (Wildman–Crippen LogP) is 2.42. The number of fused-ring (bicyclic) bond motifs is 1. The van der Waals surface area contributed by atoms with Crippen molar-refractivity contribution in [3.63, 3.8) is 0 Å². The number of hydrogen-bond donors (Lipinski definition) is 4. The van der Waals surface area contributed by atoms with Gasteiger partial charge in [0.1, 0.15) is 5.52 Å². The Balaban J connectivity index is 1.37. The van der Waals surface area contributed by atoms with Crippen molar-refractivity contribution < 1.29 is 19.4 Å². The van der Waals surface area contributed by atoms with E-state index in [1.165, 1.54) is 0 Å². The van der Waals surface area contributed by atoms with Gasteiger partial charge in [-0.3, -0.25) is 19.1 Å². The van der Waals surface area contributed by atoms with E-state index in [4.69, 9.17) is 15.6 Å². The molecule has 0 spiro atoms. The number of carbonyl (C=O) groups is 2. The molecule has 2 aromatic heterocycles. The van der Waals surface area contributed by atoms with E-state index in [9.17, 15) is 14.4 Å². The van der Waals surface area contributed by atoms with Crippen molar-refractivity contribution in [2.45, 2.75) is 52.0 Å². The molecular formula is C26H35N7O5. The smallest absolute Gasteiger partial charge is 0.328 e. The Hall–Kier alpha value is -3.93. The molecule has 1 aromatic carbocycles. The minimum atomic E-state index is -0.919. The summed E-state index contributed by atoms with van der Waals surface area (Å²) in [5, 5.41) is 11.8. The second kappa shape index (κ2) is 12.1. The van der Waals surface area contributed by atoms with Crippen molar-refractivity contribution >= 4 is 34.5 Å². The van der Waals surface area contributed by atoms with Crippen LogP contribution in [0.15, 0.2) is 29.1 Å². The lowest BCUT2D eigenvalue weighted by Gasteiger charge is -2.34. The van der Waals surface area contributed by atoms with Crippen molar-refractivity contribution in [1.82, 2.24) is 24.4 Å². The van der Waals surface area contributed by atoms with Gasteiger partial charge in [-0.05, 0) is 62.9 Å². The normalized spacial score (nSPS) is 15.4. The van der Waals surface area contributed by atoms with E-state index < -0.39 is 5.97 Å². The van der Waals surface area contributed by atoms with Crippen molar-refractivity contribution in [2.24, 2.45) is 5.92 Å². The van der Waals surface area contributed by atoms with Gasteiger partial charge in [-0.15, -0.1) is 0 Å². The predicted molar refractivity (Wildman–Crippen MR) is 143 cm³/mol. The van der Waals surface area contributed by atoms with Crippen LogP contribution in [0.3, 0.4) is 0 Å². The SMILES string of the molecule is CCCCOc1nc(N)c2[nH]c(=O)n(C(C)C3CCN(CC(=O)Nc4cccc(CC(=O)O)c4)CC3)c2n1. The summed E-state index contributed by atoms with van der Waals surface area (Å²) in [5.41, 5.74) is 7.85. The Morgan fingerprint density at radius 2 is 2.05 bits per heavy atom. The van der Waals surface area contributed by atoms with Crippen molar-refractivity contribution in [3.05, 3.63) is 40.3 Å². The molecular weight excluding hydrogens is 490 g/mol. The number of carboxylic acids is 1. The number of ether oxygens (including phenoxy) is 1. The van der Waals surface area contributed by atoms with E-state index >= 15 is 0 Å². The number of aromatic amines is 1. The number of H-pyrrole nitrogens is 1. The minimum absolute atomic E-state index is 0.0965. The molecule has 0 bridgehead atoms. The number of piperidine rings is 1. The fourth-order valence-electron chi connectivity index (χ4n) is 4.89. The molecule has 1 fully saturated rings. The summed E-state index contributed by atoms with van der Waals surface area (Å²) >= 11 is 0. The van der Waals surface area contributed by atoms with Gasteiger partial charge < -0.3 is 25.9 Å². The second-order valence-corrected chi connectivity index (χ2v) is 9.77. The minimum Gasteiger partial charge on any atom is -0.481 e. The van der Waals surface area contributed by atoms with Gasteiger partial charge in [0.15, 0.2) is 11.5 Å². The molecule has 12 heteroatoms. The molecule has 1 aliphatic rings. The van der Waals surface area contributed by atoms with Crippen LogP contribution < -0.4 is 21.5 Å². The third kappa shape index (κ3) is 6.49. The van der Waals surface area contributed by atoms with Crippen LogP contribution in [0.1, 0.15) is 51.1 Å². The fraction of sp³-hybridized carbons (Fsp3) is 0.500. The highest BCUT2D eigenvalue weighted by molar-refractivity contribution is 5.92. The number of rotatable bonds is 11. The molecule has 3 aromatic rings. The fourth-order valence-corrected chi connectivity index (χ4v) is 4.89. The number of amides is 1. The number of nitrogen functional groups attached to an aromatic ring is 1. The van der Waals surface area contributed by atoms with Gasteiger partial charge in [-0.1, -0.05) is 25.5 Å². The van der Waals surface area contributed by atoms with E-state index in [-0.39, 0.29) is 48.4 Å². The zero-order valence-corrected chi connectivity index (χ0v) is 21.8. The summed E-state index contributed by atoms with van der Waals surface area (Å²) in [5.74, 6) is -0.685. The number of aliphatic carboxylic acids is 1. The van der Waals surface area contributed by atoms with Gasteiger partial charge in [0, 0.05) is 11.7 Å². The summed E-state index contributed by atoms with van der Waals surface area (Å²) in [7, 11) is 0. The van der Waals surface area contributed by atoms with Crippen molar-refractivity contribution in [1.29, 1.82) is 0 Å². The Labute approximate surface area is 220 Å². The van der Waals surface area contributed by atoms with E-state index in [2.05, 4.69) is 32.1 Å². The van der Waals surface area contributed by atoms with Crippen LogP contribution in [0.5, 0.6) is 6.01 Å². The van der Waals surface area contributed by atoms with Crippen molar-refractivity contribution in [2.75, 3.05) is 37.3 Å². The number of carbonyl (C=O) groups excluding carboxylic acids is 1. The van der Waals surface area contributed by atoms with Gasteiger partial charge >= 0.3 is 17.7 Å². The number of hydrogen-bond acceptors (Lipinski definition) is 8. The molecule has 204 valence electrons. The molecule has 1 atom stereocenters. The molecule has 1 unspecified atom stereocenters. The first kappa shape index (κ1) is 27.1. The van der Waals surface area contributed by atoms with E-state index in [1.54, 1.807) is 28.8 Å². The number of unbranched alkanes of at least 4 members (excludes halogenated alkanes) is 1. The van der Waals surface area contributed by atoms with Gasteiger partial charge in [0.2, 0.25) is 5.91 Å². The van der Waals surface area contributed by atoms with Crippen LogP contribution in [0.2, 0.25) is 0 Å². The maximum Gasteiger partial charge on any atom is 0.328 e. The molecule has 12 nitrogen and oxygen atoms in total. The first-order chi connectivity index (χ1) is 18.2. The Bertz CT molecular complexity index is 1340. The molecule has 1 amide bonds. The van der Waals surface area contributed by atoms with Crippen molar-refractivity contribution in [3.8, 4) is 6.01 Å². The number of nitrogens with two attached hydrogens (primary N) is 1. The van der Waals surface area contributed by atoms with Gasteiger partial charge in [0.25, 0.3) is 0 Å². The summed E-state index contributed by atoms with van der Waals surface area (Å²) < 4.78 is 7.28. The average Bonchev–Trinajstić information content (AvgIpc) is 3.20. The third-order valence-electron chi connectivity index (χ3n) is 6.96. The number of nitrogens with one attached hydrogen (secondary N) is 2. The molecule has 38 heavy (non-hydrogen) atoms. The first-order valence-corrected chi connectivity index (χ1v) is 13.0.